The maximum absolute atomic E-state index is 12.2. The number of nitrogens with zero attached hydrogens (tertiary/aromatic N) is 2. The van der Waals surface area contributed by atoms with Gasteiger partial charge >= 0.3 is 0 Å². The molecule has 0 spiro atoms. The number of anilines is 2. The van der Waals surface area contributed by atoms with Crippen molar-refractivity contribution in [2.45, 2.75) is 6.54 Å². The van der Waals surface area contributed by atoms with Gasteiger partial charge in [-0.2, -0.15) is 0 Å². The molecule has 0 aliphatic carbocycles. The van der Waals surface area contributed by atoms with E-state index in [1.807, 2.05) is 42.5 Å². The smallest absolute Gasteiger partial charge is 0.257 e. The van der Waals surface area contributed by atoms with Gasteiger partial charge in [-0.05, 0) is 52.3 Å². The second-order valence-electron chi connectivity index (χ2n) is 5.04. The lowest BCUT2D eigenvalue weighted by atomic mass is 10.2. The van der Waals surface area contributed by atoms with Crippen molar-refractivity contribution in [3.8, 4) is 0 Å². The SMILES string of the molecule is O=C(Nc1ccc(NCc2ccccn2)cn1)c1ccccc1Br. The molecule has 0 saturated carbocycles. The van der Waals surface area contributed by atoms with E-state index < -0.39 is 0 Å². The number of nitrogens with one attached hydrogen (secondary N) is 2. The van der Waals surface area contributed by atoms with Crippen LogP contribution in [-0.2, 0) is 6.54 Å². The summed E-state index contributed by atoms with van der Waals surface area (Å²) in [4.78, 5) is 20.7. The van der Waals surface area contributed by atoms with Crippen LogP contribution < -0.4 is 10.6 Å². The van der Waals surface area contributed by atoms with E-state index in [9.17, 15) is 4.79 Å². The molecular weight excluding hydrogens is 368 g/mol. The molecule has 3 aromatic rings. The fraction of sp³-hybridized carbons (Fsp3) is 0.0556. The first kappa shape index (κ1) is 16.1. The maximum atomic E-state index is 12.2. The van der Waals surface area contributed by atoms with Gasteiger partial charge in [0, 0.05) is 10.7 Å². The van der Waals surface area contributed by atoms with Crippen LogP contribution in [0.1, 0.15) is 16.1 Å². The van der Waals surface area contributed by atoms with Crippen molar-refractivity contribution < 1.29 is 4.79 Å². The van der Waals surface area contributed by atoms with E-state index in [1.165, 1.54) is 0 Å². The normalized spacial score (nSPS) is 10.2. The lowest BCUT2D eigenvalue weighted by molar-refractivity contribution is 0.102. The number of pyridine rings is 2. The molecule has 0 bridgehead atoms. The second kappa shape index (κ2) is 7.70. The molecule has 0 unspecified atom stereocenters. The number of halogens is 1. The Morgan fingerprint density at radius 2 is 1.83 bits per heavy atom. The largest absolute Gasteiger partial charge is 0.378 e. The summed E-state index contributed by atoms with van der Waals surface area (Å²) in [5.74, 6) is 0.295. The lowest BCUT2D eigenvalue weighted by Crippen LogP contribution is -2.13. The summed E-state index contributed by atoms with van der Waals surface area (Å²) in [5, 5.41) is 6.02. The molecule has 0 fully saturated rings. The molecule has 0 aliphatic rings. The Kier molecular flexibility index (Phi) is 5.18. The Morgan fingerprint density at radius 1 is 1.00 bits per heavy atom. The lowest BCUT2D eigenvalue weighted by Gasteiger charge is -2.08. The minimum atomic E-state index is -0.204. The molecule has 1 aromatic carbocycles. The van der Waals surface area contributed by atoms with Gasteiger partial charge < -0.3 is 10.6 Å². The van der Waals surface area contributed by atoms with Crippen molar-refractivity contribution in [1.29, 1.82) is 0 Å². The molecule has 5 nitrogen and oxygen atoms in total. The summed E-state index contributed by atoms with van der Waals surface area (Å²) in [6, 6.07) is 16.7. The summed E-state index contributed by atoms with van der Waals surface area (Å²) in [5.41, 5.74) is 2.38. The highest BCUT2D eigenvalue weighted by molar-refractivity contribution is 9.10. The van der Waals surface area contributed by atoms with Crippen LogP contribution in [0.25, 0.3) is 0 Å². The summed E-state index contributed by atoms with van der Waals surface area (Å²) in [7, 11) is 0. The number of benzene rings is 1. The van der Waals surface area contributed by atoms with Crippen LogP contribution in [0.4, 0.5) is 11.5 Å². The third kappa shape index (κ3) is 4.17. The van der Waals surface area contributed by atoms with E-state index in [1.54, 1.807) is 24.5 Å². The molecule has 1 amide bonds. The van der Waals surface area contributed by atoms with E-state index in [0.29, 0.717) is 17.9 Å². The molecule has 0 saturated heterocycles. The summed E-state index contributed by atoms with van der Waals surface area (Å²) < 4.78 is 0.746. The molecule has 2 aromatic heterocycles. The number of amides is 1. The average Bonchev–Trinajstić information content (AvgIpc) is 2.62. The van der Waals surface area contributed by atoms with Gasteiger partial charge in [-0.15, -0.1) is 0 Å². The first-order valence-corrected chi connectivity index (χ1v) is 8.17. The number of carbonyl (C=O) groups excluding carboxylic acids is 1. The van der Waals surface area contributed by atoms with Crippen LogP contribution in [0.3, 0.4) is 0 Å². The Balaban J connectivity index is 1.60. The minimum Gasteiger partial charge on any atom is -0.378 e. The standard InChI is InChI=1S/C18H15BrN4O/c19-16-7-2-1-6-15(16)18(24)23-17-9-8-14(12-22-17)21-11-13-5-3-4-10-20-13/h1-10,12,21H,11H2,(H,22,23,24). The quantitative estimate of drug-likeness (QED) is 0.696. The highest BCUT2D eigenvalue weighted by atomic mass is 79.9. The van der Waals surface area contributed by atoms with Gasteiger partial charge in [0.2, 0.25) is 0 Å². The fourth-order valence-electron chi connectivity index (χ4n) is 2.10. The van der Waals surface area contributed by atoms with Crippen molar-refractivity contribution >= 4 is 33.3 Å². The highest BCUT2D eigenvalue weighted by Crippen LogP contribution is 2.18. The number of aromatic nitrogens is 2. The number of hydrogen-bond acceptors (Lipinski definition) is 4. The molecule has 120 valence electrons. The second-order valence-corrected chi connectivity index (χ2v) is 5.90. The zero-order valence-electron chi connectivity index (χ0n) is 12.7. The number of carbonyl (C=O) groups is 1. The molecule has 2 N–H and O–H groups in total. The molecule has 0 radical (unpaired) electrons. The zero-order valence-corrected chi connectivity index (χ0v) is 14.3. The molecule has 0 atom stereocenters. The van der Waals surface area contributed by atoms with Gasteiger partial charge in [0.1, 0.15) is 5.82 Å². The molecular formula is C18H15BrN4O. The Hall–Kier alpha value is -2.73. The maximum Gasteiger partial charge on any atom is 0.257 e. The van der Waals surface area contributed by atoms with Crippen molar-refractivity contribution in [1.82, 2.24) is 9.97 Å². The Bertz CT molecular complexity index is 822. The molecule has 6 heteroatoms. The highest BCUT2D eigenvalue weighted by Gasteiger charge is 2.09. The van der Waals surface area contributed by atoms with Crippen LogP contribution >= 0.6 is 15.9 Å². The van der Waals surface area contributed by atoms with Gasteiger partial charge in [-0.3, -0.25) is 9.78 Å². The zero-order chi connectivity index (χ0) is 16.8. The predicted molar refractivity (Wildman–Crippen MR) is 97.9 cm³/mol. The van der Waals surface area contributed by atoms with Crippen molar-refractivity contribution in [2.75, 3.05) is 10.6 Å². The molecule has 2 heterocycles. The summed E-state index contributed by atoms with van der Waals surface area (Å²) >= 11 is 3.37. The van der Waals surface area contributed by atoms with Gasteiger partial charge in [-0.25, -0.2) is 4.98 Å². The van der Waals surface area contributed by atoms with Crippen molar-refractivity contribution in [2.24, 2.45) is 0 Å². The van der Waals surface area contributed by atoms with E-state index in [0.717, 1.165) is 15.9 Å². The van der Waals surface area contributed by atoms with Crippen LogP contribution in [0.15, 0.2) is 71.5 Å². The number of rotatable bonds is 5. The molecule has 3 rings (SSSR count). The van der Waals surface area contributed by atoms with Crippen LogP contribution in [0.2, 0.25) is 0 Å². The van der Waals surface area contributed by atoms with E-state index in [-0.39, 0.29) is 5.91 Å². The minimum absolute atomic E-state index is 0.204. The number of hydrogen-bond donors (Lipinski definition) is 2. The predicted octanol–water partition coefficient (Wildman–Crippen LogP) is 4.10. The van der Waals surface area contributed by atoms with Gasteiger partial charge in [0.15, 0.2) is 0 Å². The Morgan fingerprint density at radius 3 is 2.54 bits per heavy atom. The molecule has 24 heavy (non-hydrogen) atoms. The van der Waals surface area contributed by atoms with Crippen LogP contribution in [0, 0.1) is 0 Å². The van der Waals surface area contributed by atoms with Crippen molar-refractivity contribution in [3.05, 3.63) is 82.7 Å². The first-order chi connectivity index (χ1) is 11.7. The average molecular weight is 383 g/mol. The first-order valence-electron chi connectivity index (χ1n) is 7.38. The summed E-state index contributed by atoms with van der Waals surface area (Å²) in [6.45, 7) is 0.616. The third-order valence-electron chi connectivity index (χ3n) is 3.32. The Labute approximate surface area is 148 Å². The van der Waals surface area contributed by atoms with Gasteiger partial charge in [0.25, 0.3) is 5.91 Å². The monoisotopic (exact) mass is 382 g/mol. The van der Waals surface area contributed by atoms with E-state index in [2.05, 4.69) is 36.5 Å². The van der Waals surface area contributed by atoms with Crippen LogP contribution in [0.5, 0.6) is 0 Å². The molecule has 0 aliphatic heterocycles. The summed E-state index contributed by atoms with van der Waals surface area (Å²) in [6.07, 6.45) is 3.44. The van der Waals surface area contributed by atoms with Crippen molar-refractivity contribution in [3.63, 3.8) is 0 Å². The van der Waals surface area contributed by atoms with Gasteiger partial charge in [-0.1, -0.05) is 18.2 Å². The van der Waals surface area contributed by atoms with E-state index >= 15 is 0 Å². The van der Waals surface area contributed by atoms with Crippen LogP contribution in [-0.4, -0.2) is 15.9 Å². The topological polar surface area (TPSA) is 66.9 Å². The third-order valence-corrected chi connectivity index (χ3v) is 4.01. The van der Waals surface area contributed by atoms with Gasteiger partial charge in [0.05, 0.1) is 29.7 Å². The fourth-order valence-corrected chi connectivity index (χ4v) is 2.56. The van der Waals surface area contributed by atoms with E-state index in [4.69, 9.17) is 0 Å².